The molecule has 0 unspecified atom stereocenters. The van der Waals surface area contributed by atoms with Crippen molar-refractivity contribution in [3.8, 4) is 5.75 Å². The molecule has 5 nitrogen and oxygen atoms in total. The van der Waals surface area contributed by atoms with E-state index in [1.165, 1.54) is 12.1 Å². The van der Waals surface area contributed by atoms with Crippen LogP contribution in [0.1, 0.15) is 17.3 Å². The molecule has 0 spiro atoms. The monoisotopic (exact) mass is 290 g/mol. The molecule has 0 aliphatic heterocycles. The first-order chi connectivity index (χ1) is 8.21. The Bertz CT molecular complexity index is 591. The average Bonchev–Trinajstić information content (AvgIpc) is 2.24. The Morgan fingerprint density at radius 3 is 2.56 bits per heavy atom. The number of ether oxygens (including phenoxy) is 1. The molecule has 98 valence electrons. The molecular weight excluding hydrogens is 280 g/mol. The minimum absolute atomic E-state index is 0.00185. The molecule has 1 N–H and O–H groups in total. The molecule has 1 aromatic carbocycles. The number of carbonyl (C=O) groups is 1. The lowest BCUT2D eigenvalue weighted by Gasteiger charge is -2.10. The van der Waals surface area contributed by atoms with Crippen molar-refractivity contribution in [1.82, 2.24) is 0 Å². The zero-order valence-corrected chi connectivity index (χ0v) is 11.1. The van der Waals surface area contributed by atoms with Gasteiger partial charge in [-0.05, 0) is 30.7 Å². The second-order valence-electron chi connectivity index (χ2n) is 3.65. The molecule has 0 saturated heterocycles. The highest BCUT2D eigenvalue weighted by Crippen LogP contribution is 2.28. The standard InChI is InChI=1S/C11H11ClO5S/c1-7(2)6-17-9-4-3-8(11(13)14)5-10(9)18(12,15)16/h3-5H,1,6H2,2H3,(H,13,14). The smallest absolute Gasteiger partial charge is 0.335 e. The second-order valence-corrected chi connectivity index (χ2v) is 6.18. The zero-order valence-electron chi connectivity index (χ0n) is 9.51. The van der Waals surface area contributed by atoms with Gasteiger partial charge in [-0.25, -0.2) is 13.2 Å². The highest BCUT2D eigenvalue weighted by atomic mass is 35.7. The van der Waals surface area contributed by atoms with Gasteiger partial charge in [0.15, 0.2) is 0 Å². The summed E-state index contributed by atoms with van der Waals surface area (Å²) in [6.07, 6.45) is 0. The van der Waals surface area contributed by atoms with Crippen molar-refractivity contribution >= 4 is 25.7 Å². The summed E-state index contributed by atoms with van der Waals surface area (Å²) in [5.41, 5.74) is 0.507. The van der Waals surface area contributed by atoms with E-state index in [1.54, 1.807) is 6.92 Å². The Labute approximate surface area is 109 Å². The van der Waals surface area contributed by atoms with E-state index in [2.05, 4.69) is 6.58 Å². The van der Waals surface area contributed by atoms with E-state index in [1.807, 2.05) is 0 Å². The maximum Gasteiger partial charge on any atom is 0.335 e. The highest BCUT2D eigenvalue weighted by molar-refractivity contribution is 8.13. The van der Waals surface area contributed by atoms with Crippen LogP contribution in [0.4, 0.5) is 0 Å². The van der Waals surface area contributed by atoms with E-state index in [0.717, 1.165) is 6.07 Å². The van der Waals surface area contributed by atoms with E-state index in [4.69, 9.17) is 20.5 Å². The quantitative estimate of drug-likeness (QED) is 0.664. The maximum atomic E-state index is 11.3. The molecule has 0 bridgehead atoms. The lowest BCUT2D eigenvalue weighted by atomic mass is 10.2. The molecule has 1 rings (SSSR count). The van der Waals surface area contributed by atoms with Gasteiger partial charge in [0.25, 0.3) is 9.05 Å². The molecular formula is C11H11ClO5S. The Morgan fingerprint density at radius 1 is 1.50 bits per heavy atom. The van der Waals surface area contributed by atoms with Crippen LogP contribution in [0.25, 0.3) is 0 Å². The number of carboxylic acid groups (broad SMARTS) is 1. The van der Waals surface area contributed by atoms with Crippen LogP contribution in [0.2, 0.25) is 0 Å². The summed E-state index contributed by atoms with van der Waals surface area (Å²) in [4.78, 5) is 10.4. The van der Waals surface area contributed by atoms with Gasteiger partial charge in [-0.1, -0.05) is 6.58 Å². The Balaban J connectivity index is 3.26. The summed E-state index contributed by atoms with van der Waals surface area (Å²) < 4.78 is 27.9. The van der Waals surface area contributed by atoms with Crippen molar-refractivity contribution in [2.45, 2.75) is 11.8 Å². The molecule has 0 aromatic heterocycles. The van der Waals surface area contributed by atoms with Gasteiger partial charge in [-0.2, -0.15) is 0 Å². The summed E-state index contributed by atoms with van der Waals surface area (Å²) in [6, 6.07) is 3.45. The van der Waals surface area contributed by atoms with Gasteiger partial charge >= 0.3 is 5.97 Å². The van der Waals surface area contributed by atoms with Crippen LogP contribution in [0.5, 0.6) is 5.75 Å². The van der Waals surface area contributed by atoms with Crippen LogP contribution in [0.3, 0.4) is 0 Å². The molecule has 0 fully saturated rings. The largest absolute Gasteiger partial charge is 0.488 e. The first kappa shape index (κ1) is 14.5. The topological polar surface area (TPSA) is 80.7 Å². The van der Waals surface area contributed by atoms with Crippen LogP contribution < -0.4 is 4.74 Å². The third-order valence-electron chi connectivity index (χ3n) is 1.93. The summed E-state index contributed by atoms with van der Waals surface area (Å²) in [5.74, 6) is -1.25. The molecule has 0 heterocycles. The lowest BCUT2D eigenvalue weighted by Crippen LogP contribution is -2.05. The van der Waals surface area contributed by atoms with Gasteiger partial charge in [0.05, 0.1) is 5.56 Å². The molecule has 0 atom stereocenters. The van der Waals surface area contributed by atoms with E-state index in [-0.39, 0.29) is 22.8 Å². The molecule has 7 heteroatoms. The minimum Gasteiger partial charge on any atom is -0.488 e. The first-order valence-corrected chi connectivity index (χ1v) is 7.12. The van der Waals surface area contributed by atoms with Crippen LogP contribution in [0, 0.1) is 0 Å². The van der Waals surface area contributed by atoms with Gasteiger partial charge < -0.3 is 9.84 Å². The third kappa shape index (κ3) is 3.75. The van der Waals surface area contributed by atoms with Crippen molar-refractivity contribution in [2.24, 2.45) is 0 Å². The molecule has 1 aromatic rings. The van der Waals surface area contributed by atoms with Crippen molar-refractivity contribution in [3.05, 3.63) is 35.9 Å². The fourth-order valence-electron chi connectivity index (χ4n) is 1.15. The van der Waals surface area contributed by atoms with Crippen LogP contribution in [-0.2, 0) is 9.05 Å². The van der Waals surface area contributed by atoms with Crippen LogP contribution >= 0.6 is 10.7 Å². The first-order valence-electron chi connectivity index (χ1n) is 4.81. The van der Waals surface area contributed by atoms with Gasteiger partial charge in [0.2, 0.25) is 0 Å². The van der Waals surface area contributed by atoms with Crippen LogP contribution in [0.15, 0.2) is 35.2 Å². The Morgan fingerprint density at radius 2 is 2.11 bits per heavy atom. The third-order valence-corrected chi connectivity index (χ3v) is 3.27. The van der Waals surface area contributed by atoms with Gasteiger partial charge in [0, 0.05) is 10.7 Å². The number of hydrogen-bond donors (Lipinski definition) is 1. The molecule has 0 aliphatic rings. The molecule has 18 heavy (non-hydrogen) atoms. The number of carboxylic acids is 1. The number of benzene rings is 1. The summed E-state index contributed by atoms with van der Waals surface area (Å²) in [6.45, 7) is 5.43. The van der Waals surface area contributed by atoms with Gasteiger partial charge in [0.1, 0.15) is 17.3 Å². The normalized spacial score (nSPS) is 11.0. The fourth-order valence-corrected chi connectivity index (χ4v) is 2.15. The van der Waals surface area contributed by atoms with Crippen molar-refractivity contribution in [2.75, 3.05) is 6.61 Å². The SMILES string of the molecule is C=C(C)COc1ccc(C(=O)O)cc1S(=O)(=O)Cl. The van der Waals surface area contributed by atoms with Crippen LogP contribution in [-0.4, -0.2) is 26.1 Å². The lowest BCUT2D eigenvalue weighted by molar-refractivity contribution is 0.0696. The van der Waals surface area contributed by atoms with E-state index in [0.29, 0.717) is 5.57 Å². The van der Waals surface area contributed by atoms with E-state index < -0.39 is 15.0 Å². The Hall–Kier alpha value is -1.53. The summed E-state index contributed by atoms with van der Waals surface area (Å²) >= 11 is 0. The predicted octanol–water partition coefficient (Wildman–Crippen LogP) is 2.27. The number of rotatable bonds is 5. The number of halogens is 1. The molecule has 0 amide bonds. The summed E-state index contributed by atoms with van der Waals surface area (Å²) in [7, 11) is 1.15. The molecule has 0 radical (unpaired) electrons. The van der Waals surface area contributed by atoms with Crippen molar-refractivity contribution < 1.29 is 23.1 Å². The minimum atomic E-state index is -4.08. The average molecular weight is 291 g/mol. The van der Waals surface area contributed by atoms with Crippen molar-refractivity contribution in [1.29, 1.82) is 0 Å². The van der Waals surface area contributed by atoms with Gasteiger partial charge in [-0.3, -0.25) is 0 Å². The number of hydrogen-bond acceptors (Lipinski definition) is 4. The maximum absolute atomic E-state index is 11.3. The molecule has 0 saturated carbocycles. The highest BCUT2D eigenvalue weighted by Gasteiger charge is 2.19. The zero-order chi connectivity index (χ0) is 13.9. The number of aromatic carboxylic acids is 1. The Kier molecular flexibility index (Phi) is 4.37. The fraction of sp³-hybridized carbons (Fsp3) is 0.182. The molecule has 0 aliphatic carbocycles. The van der Waals surface area contributed by atoms with E-state index >= 15 is 0 Å². The van der Waals surface area contributed by atoms with Gasteiger partial charge in [-0.15, -0.1) is 0 Å². The summed E-state index contributed by atoms with van der Waals surface area (Å²) in [5, 5.41) is 8.79. The second kappa shape index (κ2) is 5.41. The van der Waals surface area contributed by atoms with E-state index in [9.17, 15) is 13.2 Å². The predicted molar refractivity (Wildman–Crippen MR) is 66.7 cm³/mol. The van der Waals surface area contributed by atoms with Crippen molar-refractivity contribution in [3.63, 3.8) is 0 Å².